The van der Waals surface area contributed by atoms with Crippen molar-refractivity contribution in [2.24, 2.45) is 5.73 Å². The smallest absolute Gasteiger partial charge is 0.257 e. The number of fused-ring (bicyclic) bond motifs is 2. The third kappa shape index (κ3) is 4.71. The van der Waals surface area contributed by atoms with Crippen LogP contribution in [0.5, 0.6) is 11.5 Å². The molecule has 3 aromatic carbocycles. The molecule has 192 valence electrons. The van der Waals surface area contributed by atoms with E-state index in [-0.39, 0.29) is 11.4 Å². The van der Waals surface area contributed by atoms with E-state index in [2.05, 4.69) is 20.8 Å². The van der Waals surface area contributed by atoms with Gasteiger partial charge in [0, 0.05) is 40.7 Å². The molecule has 0 spiro atoms. The van der Waals surface area contributed by atoms with Gasteiger partial charge in [-0.05, 0) is 60.9 Å². The predicted octanol–water partition coefficient (Wildman–Crippen LogP) is 5.56. The van der Waals surface area contributed by atoms with Gasteiger partial charge in [0.2, 0.25) is 0 Å². The Balaban J connectivity index is 1.28. The summed E-state index contributed by atoms with van der Waals surface area (Å²) in [5.74, 6) is 2.00. The summed E-state index contributed by atoms with van der Waals surface area (Å²) in [5, 5.41) is 12.8. The van der Waals surface area contributed by atoms with Gasteiger partial charge in [-0.15, -0.1) is 0 Å². The number of methoxy groups -OCH3 is 1. The fraction of sp³-hybridized carbons (Fsp3) is 0.207. The Morgan fingerprint density at radius 3 is 2.71 bits per heavy atom. The number of anilines is 3. The van der Waals surface area contributed by atoms with Gasteiger partial charge in [0.05, 0.1) is 18.2 Å². The van der Waals surface area contributed by atoms with Gasteiger partial charge in [0.1, 0.15) is 12.4 Å². The Morgan fingerprint density at radius 2 is 1.95 bits per heavy atom. The van der Waals surface area contributed by atoms with E-state index in [1.807, 2.05) is 48.5 Å². The predicted molar refractivity (Wildman–Crippen MR) is 146 cm³/mol. The summed E-state index contributed by atoms with van der Waals surface area (Å²) in [6.45, 7) is 2.22. The molecule has 2 aromatic heterocycles. The number of nitrogens with zero attached hydrogens (tertiary/aromatic N) is 2. The van der Waals surface area contributed by atoms with Crippen LogP contribution in [0.15, 0.2) is 71.4 Å². The van der Waals surface area contributed by atoms with E-state index in [9.17, 15) is 4.79 Å². The summed E-state index contributed by atoms with van der Waals surface area (Å²) in [6, 6.07) is 18.9. The van der Waals surface area contributed by atoms with Crippen molar-refractivity contribution in [1.82, 2.24) is 10.1 Å². The molecule has 1 amide bonds. The second-order valence-electron chi connectivity index (χ2n) is 9.67. The standard InChI is InChI=1S/C29H27N5O4/c1-17-12-27(34-38-17)33-28(35)21-5-3-4-18-13-19(6-7-20(18)21)32-23-8-11-31-24-15-26(25(36-2)14-22(23)24)37-16-29(30)9-10-29/h3-8,11-15H,9-10,16,30H2,1-2H3,(H,31,32)(H,33,34,35). The first-order chi connectivity index (χ1) is 18.4. The lowest BCUT2D eigenvalue weighted by atomic mass is 10.0. The van der Waals surface area contributed by atoms with Gasteiger partial charge >= 0.3 is 0 Å². The molecule has 6 rings (SSSR count). The molecule has 0 aliphatic heterocycles. The number of rotatable bonds is 8. The van der Waals surface area contributed by atoms with Gasteiger partial charge in [-0.3, -0.25) is 9.78 Å². The normalized spacial score (nSPS) is 13.9. The van der Waals surface area contributed by atoms with Gasteiger partial charge in [0.25, 0.3) is 5.91 Å². The van der Waals surface area contributed by atoms with E-state index in [1.54, 1.807) is 32.4 Å². The maximum Gasteiger partial charge on any atom is 0.257 e. The van der Waals surface area contributed by atoms with Crippen molar-refractivity contribution in [1.29, 1.82) is 0 Å². The Morgan fingerprint density at radius 1 is 1.08 bits per heavy atom. The van der Waals surface area contributed by atoms with Crippen LogP contribution in [0.3, 0.4) is 0 Å². The van der Waals surface area contributed by atoms with Crippen LogP contribution in [0, 0.1) is 6.92 Å². The second kappa shape index (κ2) is 9.35. The SMILES string of the molecule is COc1cc2c(Nc3ccc4c(C(=O)Nc5cc(C)on5)cccc4c3)ccnc2cc1OCC1(N)CC1. The molecule has 1 fully saturated rings. The van der Waals surface area contributed by atoms with Crippen molar-refractivity contribution in [3.63, 3.8) is 0 Å². The van der Waals surface area contributed by atoms with E-state index >= 15 is 0 Å². The Bertz CT molecular complexity index is 1680. The highest BCUT2D eigenvalue weighted by atomic mass is 16.5. The first-order valence-electron chi connectivity index (χ1n) is 12.3. The summed E-state index contributed by atoms with van der Waals surface area (Å²) in [7, 11) is 1.62. The minimum Gasteiger partial charge on any atom is -0.493 e. The molecular formula is C29H27N5O4. The average Bonchev–Trinajstić information content (AvgIpc) is 3.53. The molecule has 4 N–H and O–H groups in total. The fourth-order valence-electron chi connectivity index (χ4n) is 4.39. The number of pyridine rings is 1. The van der Waals surface area contributed by atoms with Crippen molar-refractivity contribution in [2.45, 2.75) is 25.3 Å². The zero-order valence-electron chi connectivity index (χ0n) is 21.1. The van der Waals surface area contributed by atoms with Crippen molar-refractivity contribution >= 4 is 44.8 Å². The number of hydrogen-bond acceptors (Lipinski definition) is 8. The van der Waals surface area contributed by atoms with E-state index in [0.29, 0.717) is 35.2 Å². The monoisotopic (exact) mass is 509 g/mol. The van der Waals surface area contributed by atoms with Crippen molar-refractivity contribution in [3.8, 4) is 11.5 Å². The number of nitrogens with two attached hydrogens (primary N) is 1. The number of carbonyl (C=O) groups excluding carboxylic acids is 1. The van der Waals surface area contributed by atoms with Gasteiger partial charge < -0.3 is 30.4 Å². The lowest BCUT2D eigenvalue weighted by molar-refractivity contribution is 0.102. The van der Waals surface area contributed by atoms with Crippen molar-refractivity contribution in [3.05, 3.63) is 78.2 Å². The first-order valence-corrected chi connectivity index (χ1v) is 12.3. The minimum atomic E-state index is -0.253. The molecule has 0 unspecified atom stereocenters. The molecule has 0 bridgehead atoms. The zero-order valence-corrected chi connectivity index (χ0v) is 21.1. The van der Waals surface area contributed by atoms with Gasteiger partial charge in [-0.2, -0.15) is 0 Å². The molecular weight excluding hydrogens is 482 g/mol. The number of carbonyl (C=O) groups is 1. The number of benzene rings is 3. The average molecular weight is 510 g/mol. The molecule has 38 heavy (non-hydrogen) atoms. The summed E-state index contributed by atoms with van der Waals surface area (Å²) in [4.78, 5) is 17.4. The van der Waals surface area contributed by atoms with E-state index in [0.717, 1.165) is 45.9 Å². The quantitative estimate of drug-likeness (QED) is 0.248. The highest BCUT2D eigenvalue weighted by molar-refractivity contribution is 6.13. The summed E-state index contributed by atoms with van der Waals surface area (Å²) < 4.78 is 16.6. The number of amides is 1. The van der Waals surface area contributed by atoms with E-state index < -0.39 is 0 Å². The van der Waals surface area contributed by atoms with Crippen LogP contribution in [0.25, 0.3) is 21.7 Å². The molecule has 1 saturated carbocycles. The summed E-state index contributed by atoms with van der Waals surface area (Å²) >= 11 is 0. The highest BCUT2D eigenvalue weighted by Crippen LogP contribution is 2.38. The van der Waals surface area contributed by atoms with Crippen LogP contribution < -0.4 is 25.8 Å². The highest BCUT2D eigenvalue weighted by Gasteiger charge is 2.39. The van der Waals surface area contributed by atoms with E-state index in [4.69, 9.17) is 19.7 Å². The Hall–Kier alpha value is -4.63. The molecule has 0 saturated heterocycles. The van der Waals surface area contributed by atoms with Crippen LogP contribution in [-0.2, 0) is 0 Å². The van der Waals surface area contributed by atoms with Crippen LogP contribution in [0.1, 0.15) is 29.0 Å². The zero-order chi connectivity index (χ0) is 26.3. The molecule has 2 heterocycles. The molecule has 5 aromatic rings. The topological polar surface area (TPSA) is 125 Å². The maximum atomic E-state index is 12.9. The lowest BCUT2D eigenvalue weighted by Crippen LogP contribution is -2.29. The molecule has 1 aliphatic carbocycles. The largest absolute Gasteiger partial charge is 0.493 e. The Kier molecular flexibility index (Phi) is 5.84. The third-order valence-corrected chi connectivity index (χ3v) is 6.71. The second-order valence-corrected chi connectivity index (χ2v) is 9.67. The van der Waals surface area contributed by atoms with Gasteiger partial charge in [-0.1, -0.05) is 23.4 Å². The molecule has 1 aliphatic rings. The lowest BCUT2D eigenvalue weighted by Gasteiger charge is -2.16. The summed E-state index contributed by atoms with van der Waals surface area (Å²) in [5.41, 5.74) is 9.01. The molecule has 9 heteroatoms. The Labute approximate surface area is 218 Å². The summed E-state index contributed by atoms with van der Waals surface area (Å²) in [6.07, 6.45) is 3.68. The van der Waals surface area contributed by atoms with Gasteiger partial charge in [0.15, 0.2) is 17.3 Å². The number of aromatic nitrogens is 2. The number of nitrogens with one attached hydrogen (secondary N) is 2. The molecule has 0 radical (unpaired) electrons. The van der Waals surface area contributed by atoms with Crippen molar-refractivity contribution in [2.75, 3.05) is 24.4 Å². The van der Waals surface area contributed by atoms with Crippen LogP contribution in [0.2, 0.25) is 0 Å². The minimum absolute atomic E-state index is 0.234. The molecule has 9 nitrogen and oxygen atoms in total. The van der Waals surface area contributed by atoms with Crippen LogP contribution in [0.4, 0.5) is 17.2 Å². The third-order valence-electron chi connectivity index (χ3n) is 6.71. The maximum absolute atomic E-state index is 12.9. The van der Waals surface area contributed by atoms with Crippen molar-refractivity contribution < 1.29 is 18.8 Å². The number of hydrogen-bond donors (Lipinski definition) is 3. The first kappa shape index (κ1) is 23.7. The van der Waals surface area contributed by atoms with Gasteiger partial charge in [-0.25, -0.2) is 0 Å². The fourth-order valence-corrected chi connectivity index (χ4v) is 4.39. The van der Waals surface area contributed by atoms with Crippen LogP contribution >= 0.6 is 0 Å². The molecule has 0 atom stereocenters. The van der Waals surface area contributed by atoms with Crippen LogP contribution in [-0.4, -0.2) is 35.3 Å². The number of aryl methyl sites for hydroxylation is 1. The number of ether oxygens (including phenoxy) is 2. The van der Waals surface area contributed by atoms with E-state index in [1.165, 1.54) is 0 Å².